The van der Waals surface area contributed by atoms with Crippen LogP contribution < -0.4 is 0 Å². The Morgan fingerprint density at radius 2 is 2.25 bits per heavy atom. The van der Waals surface area contributed by atoms with Crippen LogP contribution in [-0.4, -0.2) is 45.3 Å². The molecule has 1 aliphatic heterocycles. The molecule has 2 aromatic rings. The average molecular weight is 347 g/mol. The predicted octanol–water partition coefficient (Wildman–Crippen LogP) is 2.71. The topological polar surface area (TPSA) is 69.2 Å². The van der Waals surface area contributed by atoms with E-state index >= 15 is 0 Å². The van der Waals surface area contributed by atoms with Gasteiger partial charge in [-0.1, -0.05) is 0 Å². The van der Waals surface area contributed by atoms with Crippen molar-refractivity contribution in [3.8, 4) is 0 Å². The largest absolute Gasteiger partial charge is 0.391 e. The van der Waals surface area contributed by atoms with Gasteiger partial charge in [-0.3, -0.25) is 9.89 Å². The fraction of sp³-hybridized carbons (Fsp3) is 0.556. The molecule has 24 heavy (non-hydrogen) atoms. The van der Waals surface area contributed by atoms with Gasteiger partial charge in [0.25, 0.3) is 0 Å². The summed E-state index contributed by atoms with van der Waals surface area (Å²) in [5.74, 6) is 0.265. The summed E-state index contributed by atoms with van der Waals surface area (Å²) in [6.45, 7) is 7.25. The van der Waals surface area contributed by atoms with Crippen LogP contribution >= 0.6 is 11.3 Å². The van der Waals surface area contributed by atoms with Crippen LogP contribution in [0.25, 0.3) is 0 Å². The monoisotopic (exact) mass is 347 g/mol. The third kappa shape index (κ3) is 3.39. The standard InChI is InChI=1S/C18H25N3O2S/c1-11-7-9-24-18(11)14-6-8-21(10-16(14)22)17(23)5-4-15-12(2)13(3)19-20-15/h7,9,14,16,22H,4-6,8,10H2,1-3H3,(H,19,20)/t14-,16-/m1/s1. The molecular formula is C18H25N3O2S. The highest BCUT2D eigenvalue weighted by Gasteiger charge is 2.32. The van der Waals surface area contributed by atoms with Crippen LogP contribution in [-0.2, 0) is 11.2 Å². The Kier molecular flexibility index (Phi) is 5.06. The normalized spacial score (nSPS) is 21.2. The third-order valence-corrected chi connectivity index (χ3v) is 6.25. The number of aliphatic hydroxyl groups is 1. The molecule has 1 saturated heterocycles. The van der Waals surface area contributed by atoms with Gasteiger partial charge in [0, 0.05) is 42.4 Å². The van der Waals surface area contributed by atoms with Crippen molar-refractivity contribution in [2.24, 2.45) is 0 Å². The molecule has 1 aliphatic rings. The Morgan fingerprint density at radius 3 is 2.83 bits per heavy atom. The molecule has 130 valence electrons. The summed E-state index contributed by atoms with van der Waals surface area (Å²) >= 11 is 1.71. The Labute approximate surface area is 146 Å². The maximum absolute atomic E-state index is 12.5. The van der Waals surface area contributed by atoms with Crippen molar-refractivity contribution in [2.75, 3.05) is 13.1 Å². The number of likely N-dealkylation sites (tertiary alicyclic amines) is 1. The molecule has 0 aromatic carbocycles. The number of carbonyl (C=O) groups is 1. The summed E-state index contributed by atoms with van der Waals surface area (Å²) < 4.78 is 0. The molecule has 0 aliphatic carbocycles. The molecule has 2 atom stereocenters. The van der Waals surface area contributed by atoms with Crippen molar-refractivity contribution in [1.82, 2.24) is 15.1 Å². The summed E-state index contributed by atoms with van der Waals surface area (Å²) in [5, 5.41) is 19.8. The van der Waals surface area contributed by atoms with Crippen LogP contribution in [0.15, 0.2) is 11.4 Å². The molecular weight excluding hydrogens is 322 g/mol. The molecule has 0 saturated carbocycles. The molecule has 2 aromatic heterocycles. The number of aliphatic hydroxyl groups excluding tert-OH is 1. The number of hydrogen-bond donors (Lipinski definition) is 2. The fourth-order valence-corrected chi connectivity index (χ4v) is 4.51. The molecule has 0 unspecified atom stereocenters. The summed E-state index contributed by atoms with van der Waals surface area (Å²) in [6, 6.07) is 2.10. The maximum atomic E-state index is 12.5. The highest BCUT2D eigenvalue weighted by atomic mass is 32.1. The van der Waals surface area contributed by atoms with Gasteiger partial charge in [0.2, 0.25) is 5.91 Å². The quantitative estimate of drug-likeness (QED) is 0.893. The number of piperidine rings is 1. The molecule has 1 fully saturated rings. The van der Waals surface area contributed by atoms with Crippen molar-refractivity contribution in [3.05, 3.63) is 38.8 Å². The molecule has 6 heteroatoms. The molecule has 2 N–H and O–H groups in total. The second-order valence-electron chi connectivity index (χ2n) is 6.69. The van der Waals surface area contributed by atoms with E-state index in [1.165, 1.54) is 10.4 Å². The second kappa shape index (κ2) is 7.07. The molecule has 0 bridgehead atoms. The van der Waals surface area contributed by atoms with E-state index in [1.54, 1.807) is 16.2 Å². The molecule has 3 rings (SSSR count). The van der Waals surface area contributed by atoms with E-state index in [4.69, 9.17) is 0 Å². The number of aromatic amines is 1. The number of rotatable bonds is 4. The van der Waals surface area contributed by atoms with Gasteiger partial charge >= 0.3 is 0 Å². The van der Waals surface area contributed by atoms with Crippen LogP contribution in [0.4, 0.5) is 0 Å². The van der Waals surface area contributed by atoms with Gasteiger partial charge < -0.3 is 10.0 Å². The summed E-state index contributed by atoms with van der Waals surface area (Å²) in [5.41, 5.74) is 4.40. The number of carbonyl (C=O) groups excluding carboxylic acids is 1. The van der Waals surface area contributed by atoms with Gasteiger partial charge in [0.1, 0.15) is 0 Å². The molecule has 0 radical (unpaired) electrons. The van der Waals surface area contributed by atoms with Crippen LogP contribution in [0.5, 0.6) is 0 Å². The Morgan fingerprint density at radius 1 is 1.46 bits per heavy atom. The van der Waals surface area contributed by atoms with Gasteiger partial charge in [-0.15, -0.1) is 11.3 Å². The minimum absolute atomic E-state index is 0.107. The van der Waals surface area contributed by atoms with Gasteiger partial charge in [-0.25, -0.2) is 0 Å². The molecule has 3 heterocycles. The van der Waals surface area contributed by atoms with Crippen molar-refractivity contribution in [2.45, 2.75) is 52.1 Å². The first-order valence-corrected chi connectivity index (χ1v) is 9.35. The molecule has 0 spiro atoms. The number of aromatic nitrogens is 2. The number of nitrogens with zero attached hydrogens (tertiary/aromatic N) is 2. The lowest BCUT2D eigenvalue weighted by Gasteiger charge is -2.36. The van der Waals surface area contributed by atoms with Crippen molar-refractivity contribution >= 4 is 17.2 Å². The first-order chi connectivity index (χ1) is 11.5. The number of H-pyrrole nitrogens is 1. The van der Waals surface area contributed by atoms with Crippen LogP contribution in [0.2, 0.25) is 0 Å². The van der Waals surface area contributed by atoms with Crippen LogP contribution in [0.3, 0.4) is 0 Å². The molecule has 1 amide bonds. The highest BCUT2D eigenvalue weighted by Crippen LogP contribution is 2.34. The Hall–Kier alpha value is -1.66. The zero-order valence-corrected chi connectivity index (χ0v) is 15.3. The lowest BCUT2D eigenvalue weighted by atomic mass is 9.90. The number of thiophene rings is 1. The average Bonchev–Trinajstić information content (AvgIpc) is 3.12. The van der Waals surface area contributed by atoms with Gasteiger partial charge in [0.05, 0.1) is 11.8 Å². The van der Waals surface area contributed by atoms with Gasteiger partial charge in [-0.05, 0) is 49.8 Å². The number of aryl methyl sites for hydroxylation is 3. The van der Waals surface area contributed by atoms with E-state index in [2.05, 4.69) is 28.6 Å². The van der Waals surface area contributed by atoms with E-state index in [-0.39, 0.29) is 11.8 Å². The minimum atomic E-state index is -0.477. The maximum Gasteiger partial charge on any atom is 0.223 e. The zero-order valence-electron chi connectivity index (χ0n) is 14.5. The fourth-order valence-electron chi connectivity index (χ4n) is 3.39. The van der Waals surface area contributed by atoms with E-state index in [0.29, 0.717) is 19.4 Å². The Balaban J connectivity index is 1.56. The lowest BCUT2D eigenvalue weighted by Crippen LogP contribution is -2.45. The van der Waals surface area contributed by atoms with E-state index < -0.39 is 6.10 Å². The molecule has 5 nitrogen and oxygen atoms in total. The van der Waals surface area contributed by atoms with Gasteiger partial charge in [-0.2, -0.15) is 5.10 Å². The highest BCUT2D eigenvalue weighted by molar-refractivity contribution is 7.10. The smallest absolute Gasteiger partial charge is 0.223 e. The van der Waals surface area contributed by atoms with E-state index in [1.807, 2.05) is 13.8 Å². The van der Waals surface area contributed by atoms with E-state index in [0.717, 1.165) is 29.9 Å². The number of nitrogens with one attached hydrogen (secondary N) is 1. The van der Waals surface area contributed by atoms with E-state index in [9.17, 15) is 9.90 Å². The zero-order chi connectivity index (χ0) is 17.3. The number of amides is 1. The third-order valence-electron chi connectivity index (χ3n) is 5.10. The van der Waals surface area contributed by atoms with Crippen molar-refractivity contribution in [3.63, 3.8) is 0 Å². The first-order valence-electron chi connectivity index (χ1n) is 8.47. The predicted molar refractivity (Wildman–Crippen MR) is 95.4 cm³/mol. The lowest BCUT2D eigenvalue weighted by molar-refractivity contribution is -0.134. The van der Waals surface area contributed by atoms with Crippen molar-refractivity contribution < 1.29 is 9.90 Å². The van der Waals surface area contributed by atoms with Crippen LogP contribution in [0.1, 0.15) is 46.2 Å². The summed E-state index contributed by atoms with van der Waals surface area (Å²) in [4.78, 5) is 15.5. The minimum Gasteiger partial charge on any atom is -0.391 e. The first kappa shape index (κ1) is 17.2. The Bertz CT molecular complexity index is 722. The number of β-amino-alcohol motifs (C(OH)–C–C–N with tert-alkyl or cyclic N) is 1. The SMILES string of the molecule is Cc1ccsc1[C@@H]1CCN(C(=O)CCc2n[nH]c(C)c2C)C[C@H]1O. The second-order valence-corrected chi connectivity index (χ2v) is 7.64. The van der Waals surface area contributed by atoms with Crippen molar-refractivity contribution in [1.29, 1.82) is 0 Å². The number of hydrogen-bond acceptors (Lipinski definition) is 4. The summed E-state index contributed by atoms with van der Waals surface area (Å²) in [7, 11) is 0. The van der Waals surface area contributed by atoms with Crippen LogP contribution in [0, 0.1) is 20.8 Å². The van der Waals surface area contributed by atoms with Gasteiger partial charge in [0.15, 0.2) is 0 Å². The summed E-state index contributed by atoms with van der Waals surface area (Å²) in [6.07, 6.45) is 1.44.